The number of halogens is 2. The van der Waals surface area contributed by atoms with E-state index in [0.29, 0.717) is 0 Å². The largest absolute Gasteiger partial charge is 0.389 e. The highest BCUT2D eigenvalue weighted by atomic mass is 19.1. The van der Waals surface area contributed by atoms with Crippen molar-refractivity contribution in [2.75, 3.05) is 13.2 Å². The van der Waals surface area contributed by atoms with Gasteiger partial charge in [0, 0.05) is 12.1 Å². The molecule has 0 aliphatic carbocycles. The van der Waals surface area contributed by atoms with Crippen molar-refractivity contribution >= 4 is 0 Å². The molecule has 0 saturated carbocycles. The Kier molecular flexibility index (Phi) is 4.61. The van der Waals surface area contributed by atoms with Crippen LogP contribution < -0.4 is 5.73 Å². The van der Waals surface area contributed by atoms with Crippen LogP contribution in [0.1, 0.15) is 5.56 Å². The summed E-state index contributed by atoms with van der Waals surface area (Å²) in [7, 11) is 0. The van der Waals surface area contributed by atoms with Crippen LogP contribution in [-0.2, 0) is 11.3 Å². The fourth-order valence-electron chi connectivity index (χ4n) is 1.04. The minimum atomic E-state index is -0.806. The van der Waals surface area contributed by atoms with Crippen molar-refractivity contribution in [3.05, 3.63) is 35.4 Å². The molecule has 5 heteroatoms. The molecule has 0 fully saturated rings. The first-order chi connectivity index (χ1) is 7.15. The second kappa shape index (κ2) is 5.75. The summed E-state index contributed by atoms with van der Waals surface area (Å²) < 4.78 is 31.0. The molecule has 0 unspecified atom stereocenters. The summed E-state index contributed by atoms with van der Waals surface area (Å²) >= 11 is 0. The monoisotopic (exact) mass is 217 g/mol. The SMILES string of the molecule is NC[C@@H](O)COCc1c(F)cccc1F. The predicted octanol–water partition coefficient (Wildman–Crippen LogP) is 0.801. The fraction of sp³-hybridized carbons (Fsp3) is 0.400. The van der Waals surface area contributed by atoms with Gasteiger partial charge in [-0.2, -0.15) is 0 Å². The topological polar surface area (TPSA) is 55.5 Å². The van der Waals surface area contributed by atoms with Crippen LogP contribution in [0.25, 0.3) is 0 Å². The average molecular weight is 217 g/mol. The third-order valence-corrected chi connectivity index (χ3v) is 1.89. The number of hydrogen-bond donors (Lipinski definition) is 2. The maximum atomic E-state index is 13.0. The van der Waals surface area contributed by atoms with Crippen molar-refractivity contribution in [3.8, 4) is 0 Å². The minimum Gasteiger partial charge on any atom is -0.389 e. The molecule has 1 rings (SSSR count). The van der Waals surface area contributed by atoms with Crippen LogP contribution in [0.4, 0.5) is 8.78 Å². The van der Waals surface area contributed by atoms with Gasteiger partial charge in [0.15, 0.2) is 0 Å². The van der Waals surface area contributed by atoms with E-state index in [1.165, 1.54) is 6.07 Å². The molecule has 0 amide bonds. The van der Waals surface area contributed by atoms with Gasteiger partial charge in [-0.3, -0.25) is 0 Å². The summed E-state index contributed by atoms with van der Waals surface area (Å²) in [6.07, 6.45) is -0.806. The molecule has 1 atom stereocenters. The van der Waals surface area contributed by atoms with Gasteiger partial charge in [0.2, 0.25) is 0 Å². The van der Waals surface area contributed by atoms with E-state index in [1.807, 2.05) is 0 Å². The van der Waals surface area contributed by atoms with E-state index in [-0.39, 0.29) is 25.3 Å². The first-order valence-electron chi connectivity index (χ1n) is 4.54. The molecule has 0 aliphatic rings. The van der Waals surface area contributed by atoms with E-state index in [9.17, 15) is 8.78 Å². The van der Waals surface area contributed by atoms with E-state index >= 15 is 0 Å². The molecular formula is C10H13F2NO2. The molecule has 0 bridgehead atoms. The van der Waals surface area contributed by atoms with Gasteiger partial charge in [-0.15, -0.1) is 0 Å². The second-order valence-corrected chi connectivity index (χ2v) is 3.10. The normalized spacial score (nSPS) is 12.8. The lowest BCUT2D eigenvalue weighted by Gasteiger charge is -2.09. The van der Waals surface area contributed by atoms with Crippen molar-refractivity contribution < 1.29 is 18.6 Å². The van der Waals surface area contributed by atoms with Gasteiger partial charge in [-0.05, 0) is 12.1 Å². The zero-order chi connectivity index (χ0) is 11.3. The standard InChI is InChI=1S/C10H13F2NO2/c11-9-2-1-3-10(12)8(9)6-15-5-7(14)4-13/h1-3,7,14H,4-6,13H2/t7-/m1/s1. The summed E-state index contributed by atoms with van der Waals surface area (Å²) in [4.78, 5) is 0. The maximum absolute atomic E-state index is 13.0. The molecule has 1 aromatic carbocycles. The van der Waals surface area contributed by atoms with Crippen molar-refractivity contribution in [2.45, 2.75) is 12.7 Å². The van der Waals surface area contributed by atoms with E-state index in [2.05, 4.69) is 0 Å². The summed E-state index contributed by atoms with van der Waals surface area (Å²) in [5, 5.41) is 9.04. The van der Waals surface area contributed by atoms with E-state index in [1.54, 1.807) is 0 Å². The summed E-state index contributed by atoms with van der Waals surface area (Å²) in [6, 6.07) is 3.59. The number of ether oxygens (including phenoxy) is 1. The molecule has 0 saturated heterocycles. The first-order valence-corrected chi connectivity index (χ1v) is 4.54. The van der Waals surface area contributed by atoms with Gasteiger partial charge in [-0.25, -0.2) is 8.78 Å². The van der Waals surface area contributed by atoms with Gasteiger partial charge in [0.25, 0.3) is 0 Å². The first kappa shape index (κ1) is 12.0. The lowest BCUT2D eigenvalue weighted by atomic mass is 10.2. The number of rotatable bonds is 5. The van der Waals surface area contributed by atoms with Gasteiger partial charge in [-0.1, -0.05) is 6.07 Å². The summed E-state index contributed by atoms with van der Waals surface area (Å²) in [6.45, 7) is -0.195. The zero-order valence-corrected chi connectivity index (χ0v) is 8.12. The fourth-order valence-corrected chi connectivity index (χ4v) is 1.04. The zero-order valence-electron chi connectivity index (χ0n) is 8.12. The molecule has 0 heterocycles. The Bertz CT molecular complexity index is 300. The lowest BCUT2D eigenvalue weighted by Crippen LogP contribution is -2.25. The third kappa shape index (κ3) is 3.54. The lowest BCUT2D eigenvalue weighted by molar-refractivity contribution is 0.0307. The van der Waals surface area contributed by atoms with Crippen LogP contribution in [0.2, 0.25) is 0 Å². The molecular weight excluding hydrogens is 204 g/mol. The van der Waals surface area contributed by atoms with Crippen LogP contribution >= 0.6 is 0 Å². The Morgan fingerprint density at radius 1 is 1.33 bits per heavy atom. The quantitative estimate of drug-likeness (QED) is 0.767. The van der Waals surface area contributed by atoms with E-state index in [4.69, 9.17) is 15.6 Å². The van der Waals surface area contributed by atoms with Crippen LogP contribution in [0.3, 0.4) is 0 Å². The minimum absolute atomic E-state index is 0.0374. The second-order valence-electron chi connectivity index (χ2n) is 3.10. The Morgan fingerprint density at radius 3 is 2.47 bits per heavy atom. The predicted molar refractivity (Wildman–Crippen MR) is 51.1 cm³/mol. The van der Waals surface area contributed by atoms with Gasteiger partial charge < -0.3 is 15.6 Å². The number of aliphatic hydroxyl groups is 1. The molecule has 0 aromatic heterocycles. The van der Waals surface area contributed by atoms with Crippen molar-refractivity contribution in [1.29, 1.82) is 0 Å². The Hall–Kier alpha value is -1.04. The molecule has 3 N–H and O–H groups in total. The number of aliphatic hydroxyl groups excluding tert-OH is 1. The highest BCUT2D eigenvalue weighted by molar-refractivity contribution is 5.18. The van der Waals surface area contributed by atoms with Crippen LogP contribution in [-0.4, -0.2) is 24.4 Å². The molecule has 0 radical (unpaired) electrons. The van der Waals surface area contributed by atoms with Crippen LogP contribution in [0.15, 0.2) is 18.2 Å². The number of hydrogen-bond acceptors (Lipinski definition) is 3. The smallest absolute Gasteiger partial charge is 0.131 e. The highest BCUT2D eigenvalue weighted by Crippen LogP contribution is 2.12. The van der Waals surface area contributed by atoms with Gasteiger partial charge in [0.05, 0.1) is 19.3 Å². The van der Waals surface area contributed by atoms with E-state index in [0.717, 1.165) is 12.1 Å². The van der Waals surface area contributed by atoms with Gasteiger partial charge >= 0.3 is 0 Å². The van der Waals surface area contributed by atoms with Crippen molar-refractivity contribution in [2.24, 2.45) is 5.73 Å². The van der Waals surface area contributed by atoms with Crippen molar-refractivity contribution in [1.82, 2.24) is 0 Å². The van der Waals surface area contributed by atoms with Crippen molar-refractivity contribution in [3.63, 3.8) is 0 Å². The average Bonchev–Trinajstić information content (AvgIpc) is 2.22. The Balaban J connectivity index is 2.50. The number of benzene rings is 1. The van der Waals surface area contributed by atoms with Crippen LogP contribution in [0.5, 0.6) is 0 Å². The molecule has 15 heavy (non-hydrogen) atoms. The maximum Gasteiger partial charge on any atom is 0.131 e. The molecule has 1 aromatic rings. The van der Waals surface area contributed by atoms with Crippen LogP contribution in [0, 0.1) is 11.6 Å². The Morgan fingerprint density at radius 2 is 1.93 bits per heavy atom. The number of nitrogens with two attached hydrogens (primary N) is 1. The molecule has 0 aliphatic heterocycles. The highest BCUT2D eigenvalue weighted by Gasteiger charge is 2.09. The summed E-state index contributed by atoms with van der Waals surface area (Å²) in [5.74, 6) is -1.31. The molecule has 0 spiro atoms. The molecule has 84 valence electrons. The summed E-state index contributed by atoms with van der Waals surface area (Å²) in [5.41, 5.74) is 5.00. The molecule has 3 nitrogen and oxygen atoms in total. The van der Waals surface area contributed by atoms with Gasteiger partial charge in [0.1, 0.15) is 11.6 Å². The third-order valence-electron chi connectivity index (χ3n) is 1.89. The Labute approximate surface area is 86.5 Å². The van der Waals surface area contributed by atoms with E-state index < -0.39 is 17.7 Å².